The molecule has 1 fully saturated rings. The molecule has 188 valence electrons. The highest BCUT2D eigenvalue weighted by molar-refractivity contribution is 6.76. The minimum Gasteiger partial charge on any atom is -0.456 e. The van der Waals surface area contributed by atoms with Crippen molar-refractivity contribution >= 4 is 58.6 Å². The van der Waals surface area contributed by atoms with Gasteiger partial charge in [0, 0.05) is 20.8 Å². The molecule has 5 unspecified atom stereocenters. The number of ether oxygens (including phenoxy) is 6. The van der Waals surface area contributed by atoms with E-state index in [1.54, 1.807) is 0 Å². The predicted octanol–water partition coefficient (Wildman–Crippen LogP) is 3.09. The highest BCUT2D eigenvalue weighted by Crippen LogP contribution is 2.33. The van der Waals surface area contributed by atoms with Gasteiger partial charge in [-0.25, -0.2) is 0 Å². The first-order chi connectivity index (χ1) is 15.9. The Labute approximate surface area is 211 Å². The first-order valence-corrected chi connectivity index (χ1v) is 11.1. The van der Waals surface area contributed by atoms with E-state index in [0.717, 1.165) is 26.3 Å². The number of carbonyl (C=O) groups is 3. The Balaban J connectivity index is 2.35. The van der Waals surface area contributed by atoms with Crippen LogP contribution in [0.25, 0.3) is 0 Å². The number of hydrogen-bond acceptors (Lipinski definition) is 10. The van der Waals surface area contributed by atoms with Crippen molar-refractivity contribution in [2.45, 2.75) is 61.9 Å². The van der Waals surface area contributed by atoms with Gasteiger partial charge in [0.05, 0.1) is 13.2 Å². The normalized spacial score (nSPS) is 24.6. The monoisotopic (exact) mass is 539 g/mol. The van der Waals surface area contributed by atoms with Gasteiger partial charge in [-0.2, -0.15) is 0 Å². The molecule has 10 nitrogen and oxygen atoms in total. The highest BCUT2D eigenvalue weighted by atomic mass is 35.6. The number of nitrogens with one attached hydrogen (secondary N) is 1. The molecule has 13 heteroatoms. The van der Waals surface area contributed by atoms with Gasteiger partial charge in [-0.05, 0) is 5.56 Å². The second kappa shape index (κ2) is 12.6. The molecule has 2 rings (SSSR count). The van der Waals surface area contributed by atoms with Gasteiger partial charge in [0.25, 0.3) is 3.79 Å². The second-order valence-electron chi connectivity index (χ2n) is 7.21. The molecule has 0 aromatic heterocycles. The number of benzene rings is 1. The Morgan fingerprint density at radius 3 is 1.94 bits per heavy atom. The van der Waals surface area contributed by atoms with Crippen molar-refractivity contribution in [2.24, 2.45) is 0 Å². The molecule has 0 saturated carbocycles. The van der Waals surface area contributed by atoms with Crippen molar-refractivity contribution in [3.05, 3.63) is 35.9 Å². The van der Waals surface area contributed by atoms with Crippen molar-refractivity contribution in [2.75, 3.05) is 6.61 Å². The zero-order chi connectivity index (χ0) is 25.5. The molecule has 1 heterocycles. The molecule has 1 aliphatic heterocycles. The van der Waals surface area contributed by atoms with Gasteiger partial charge in [-0.15, -0.1) is 0 Å². The zero-order valence-electron chi connectivity index (χ0n) is 18.5. The second-order valence-corrected chi connectivity index (χ2v) is 9.49. The molecular formula is C21H24Cl3NO9. The van der Waals surface area contributed by atoms with Crippen LogP contribution in [0.5, 0.6) is 0 Å². The lowest BCUT2D eigenvalue weighted by molar-refractivity contribution is -0.293. The van der Waals surface area contributed by atoms with Gasteiger partial charge in [0.15, 0.2) is 12.2 Å². The van der Waals surface area contributed by atoms with E-state index < -0.39 is 58.3 Å². The maximum absolute atomic E-state index is 11.8. The summed E-state index contributed by atoms with van der Waals surface area (Å²) >= 11 is 17.1. The van der Waals surface area contributed by atoms with Crippen LogP contribution in [0.2, 0.25) is 0 Å². The number of hydrogen-bond donors (Lipinski definition) is 1. The lowest BCUT2D eigenvalue weighted by atomic mass is 9.98. The van der Waals surface area contributed by atoms with Crippen LogP contribution in [0.15, 0.2) is 30.3 Å². The Kier molecular flexibility index (Phi) is 10.4. The van der Waals surface area contributed by atoms with Gasteiger partial charge in [-0.3, -0.25) is 19.8 Å². The molecule has 34 heavy (non-hydrogen) atoms. The van der Waals surface area contributed by atoms with Gasteiger partial charge >= 0.3 is 17.9 Å². The third kappa shape index (κ3) is 8.59. The van der Waals surface area contributed by atoms with E-state index in [4.69, 9.17) is 68.6 Å². The molecule has 1 aromatic carbocycles. The molecule has 1 N–H and O–H groups in total. The first-order valence-electron chi connectivity index (χ1n) is 9.99. The fourth-order valence-corrected chi connectivity index (χ4v) is 3.27. The summed E-state index contributed by atoms with van der Waals surface area (Å²) in [7, 11) is 0. The third-order valence-corrected chi connectivity index (χ3v) is 4.90. The van der Waals surface area contributed by atoms with E-state index in [0.29, 0.717) is 0 Å². The summed E-state index contributed by atoms with van der Waals surface area (Å²) in [4.78, 5) is 35.4. The summed E-state index contributed by atoms with van der Waals surface area (Å²) in [6.45, 7) is 3.39. The van der Waals surface area contributed by atoms with Crippen LogP contribution in [0, 0.1) is 5.41 Å². The minimum atomic E-state index is -2.26. The summed E-state index contributed by atoms with van der Waals surface area (Å²) in [5.41, 5.74) is 0.863. The van der Waals surface area contributed by atoms with E-state index in [9.17, 15) is 14.4 Å². The van der Waals surface area contributed by atoms with Crippen LogP contribution in [-0.4, -0.2) is 64.9 Å². The standard InChI is InChI=1S/C21H24Cl3NO9/c1-11(26)30-16-15(10-29-9-14-7-5-4-6-8-14)33-19(34-20(25)21(22,23)24)18(32-13(3)28)17(16)31-12(2)27/h4-8,15-19,25H,9-10H2,1-3H3. The molecule has 0 radical (unpaired) electrons. The molecule has 1 aliphatic rings. The first kappa shape index (κ1) is 28.1. The number of esters is 3. The van der Waals surface area contributed by atoms with Crippen molar-refractivity contribution < 1.29 is 42.8 Å². The summed E-state index contributed by atoms with van der Waals surface area (Å²) in [5, 5.41) is 7.87. The lowest BCUT2D eigenvalue weighted by Crippen LogP contribution is -2.63. The average Bonchev–Trinajstić information content (AvgIpc) is 2.72. The number of rotatable bonds is 8. The molecule has 1 saturated heterocycles. The molecule has 0 aliphatic carbocycles. The third-order valence-electron chi connectivity index (χ3n) is 4.38. The molecular weight excluding hydrogens is 517 g/mol. The van der Waals surface area contributed by atoms with Crippen molar-refractivity contribution in [1.29, 1.82) is 5.41 Å². The van der Waals surface area contributed by atoms with Crippen LogP contribution in [0.4, 0.5) is 0 Å². The van der Waals surface area contributed by atoms with Gasteiger partial charge < -0.3 is 28.4 Å². The summed E-state index contributed by atoms with van der Waals surface area (Å²) in [5.74, 6) is -3.11. The van der Waals surface area contributed by atoms with Crippen LogP contribution in [0.3, 0.4) is 0 Å². The van der Waals surface area contributed by atoms with E-state index in [1.165, 1.54) is 0 Å². The summed E-state index contributed by atoms with van der Waals surface area (Å²) < 4.78 is 30.5. The smallest absolute Gasteiger partial charge is 0.303 e. The largest absolute Gasteiger partial charge is 0.456 e. The van der Waals surface area contributed by atoms with Gasteiger partial charge in [0.2, 0.25) is 18.3 Å². The quantitative estimate of drug-likeness (QED) is 0.174. The Hall–Kier alpha value is -2.11. The Bertz CT molecular complexity index is 878. The minimum absolute atomic E-state index is 0.154. The van der Waals surface area contributed by atoms with Crippen LogP contribution in [0.1, 0.15) is 26.3 Å². The molecule has 0 spiro atoms. The van der Waals surface area contributed by atoms with Crippen molar-refractivity contribution in [3.8, 4) is 0 Å². The fraction of sp³-hybridized carbons (Fsp3) is 0.524. The van der Waals surface area contributed by atoms with E-state index >= 15 is 0 Å². The Morgan fingerprint density at radius 1 is 0.882 bits per heavy atom. The molecule has 5 atom stereocenters. The SMILES string of the molecule is CC(=O)OC1C(COCc2ccccc2)OC(OC(=N)C(Cl)(Cl)Cl)C(OC(C)=O)C1OC(C)=O. The number of alkyl halides is 3. The van der Waals surface area contributed by atoms with Crippen LogP contribution < -0.4 is 0 Å². The average molecular weight is 541 g/mol. The fourth-order valence-electron chi connectivity index (χ4n) is 3.13. The maximum atomic E-state index is 11.8. The summed E-state index contributed by atoms with van der Waals surface area (Å²) in [6, 6.07) is 9.22. The van der Waals surface area contributed by atoms with Gasteiger partial charge in [-0.1, -0.05) is 65.1 Å². The molecule has 0 amide bonds. The maximum Gasteiger partial charge on any atom is 0.303 e. The molecule has 0 bridgehead atoms. The highest BCUT2D eigenvalue weighted by Gasteiger charge is 2.54. The van der Waals surface area contributed by atoms with E-state index in [1.807, 2.05) is 30.3 Å². The number of carbonyl (C=O) groups excluding carboxylic acids is 3. The van der Waals surface area contributed by atoms with Crippen molar-refractivity contribution in [1.82, 2.24) is 0 Å². The van der Waals surface area contributed by atoms with Crippen LogP contribution in [-0.2, 0) is 49.4 Å². The van der Waals surface area contributed by atoms with Crippen molar-refractivity contribution in [3.63, 3.8) is 0 Å². The summed E-state index contributed by atoms with van der Waals surface area (Å²) in [6.07, 6.45) is -6.73. The van der Waals surface area contributed by atoms with Crippen LogP contribution >= 0.6 is 34.8 Å². The predicted molar refractivity (Wildman–Crippen MR) is 121 cm³/mol. The van der Waals surface area contributed by atoms with E-state index in [-0.39, 0.29) is 13.2 Å². The topological polar surface area (TPSA) is 130 Å². The molecule has 1 aromatic rings. The van der Waals surface area contributed by atoms with Gasteiger partial charge in [0.1, 0.15) is 6.10 Å². The lowest BCUT2D eigenvalue weighted by Gasteiger charge is -2.44. The Morgan fingerprint density at radius 2 is 1.41 bits per heavy atom. The van der Waals surface area contributed by atoms with E-state index in [2.05, 4.69) is 0 Å². The number of halogens is 3. The zero-order valence-corrected chi connectivity index (χ0v) is 20.8.